The molecule has 0 aromatic rings. The van der Waals surface area contributed by atoms with Crippen molar-refractivity contribution in [2.24, 2.45) is 16.7 Å². The van der Waals surface area contributed by atoms with E-state index >= 15 is 0 Å². The molecule has 0 bridgehead atoms. The molecule has 4 heteroatoms. The van der Waals surface area contributed by atoms with Gasteiger partial charge in [0.2, 0.25) is 0 Å². The van der Waals surface area contributed by atoms with E-state index in [0.29, 0.717) is 18.9 Å². The van der Waals surface area contributed by atoms with Crippen molar-refractivity contribution in [1.82, 2.24) is 0 Å². The van der Waals surface area contributed by atoms with Gasteiger partial charge in [0.1, 0.15) is 12.2 Å². The molecule has 0 amide bonds. The molecule has 0 aromatic heterocycles. The Kier molecular flexibility index (Phi) is 15.2. The van der Waals surface area contributed by atoms with Crippen LogP contribution in [0.5, 0.6) is 0 Å². The third-order valence-corrected chi connectivity index (χ3v) is 8.78. The minimum atomic E-state index is -0.138. The van der Waals surface area contributed by atoms with Gasteiger partial charge in [-0.05, 0) is 76.9 Å². The minimum Gasteiger partial charge on any atom is -0.464 e. The highest BCUT2D eigenvalue weighted by Gasteiger charge is 2.36. The second-order valence-electron chi connectivity index (χ2n) is 14.1. The van der Waals surface area contributed by atoms with E-state index in [1.54, 1.807) is 0 Å². The summed E-state index contributed by atoms with van der Waals surface area (Å²) in [6, 6.07) is 0. The van der Waals surface area contributed by atoms with Crippen LogP contribution in [-0.4, -0.2) is 25.2 Å². The fourth-order valence-corrected chi connectivity index (χ4v) is 6.41. The first-order valence-corrected chi connectivity index (χ1v) is 16.3. The molecule has 4 nitrogen and oxygen atoms in total. The molecule has 0 fully saturated rings. The molecule has 0 saturated heterocycles. The van der Waals surface area contributed by atoms with Crippen LogP contribution in [-0.2, 0) is 19.1 Å². The lowest BCUT2D eigenvalue weighted by Gasteiger charge is -2.39. The van der Waals surface area contributed by atoms with Gasteiger partial charge in [-0.15, -0.1) is 0 Å². The zero-order valence-corrected chi connectivity index (χ0v) is 29.8. The number of carbonyl (C=O) groups excluding carboxylic acids is 2. The summed E-state index contributed by atoms with van der Waals surface area (Å²) in [5.41, 5.74) is 8.53. The number of allylic oxidation sites excluding steroid dienone is 20. The standard InChI is InChI=1S/C42H56O4/c1-31(17-13-19-33(3)21-23-39-35(5)25-37(45-29-43)27-41(39,7)8)15-11-12-16-32(2)18-14-20-34(4)22-24-40-36(6)26-38(46-30-44)28-42(40,9)10/h11-25,29-30,37-39H,26-28H2,1-10H3/b12-11+,17-13+,18-14+,23-21+,24-22+,31-15+,32-16+,33-19+,34-20+/t37-,38+,39-/m0/s1. The fourth-order valence-electron chi connectivity index (χ4n) is 6.41. The summed E-state index contributed by atoms with van der Waals surface area (Å²) in [6.45, 7) is 22.7. The smallest absolute Gasteiger partial charge is 0.293 e. The van der Waals surface area contributed by atoms with E-state index in [9.17, 15) is 9.59 Å². The third kappa shape index (κ3) is 12.8. The lowest BCUT2D eigenvalue weighted by molar-refractivity contribution is -0.135. The number of carbonyl (C=O) groups is 2. The molecule has 0 radical (unpaired) electrons. The Morgan fingerprint density at radius 3 is 1.76 bits per heavy atom. The lowest BCUT2D eigenvalue weighted by atomic mass is 9.67. The van der Waals surface area contributed by atoms with Crippen LogP contribution in [0.4, 0.5) is 0 Å². The molecule has 0 saturated carbocycles. The maximum Gasteiger partial charge on any atom is 0.293 e. The van der Waals surface area contributed by atoms with Crippen LogP contribution in [0.1, 0.15) is 88.5 Å². The van der Waals surface area contributed by atoms with Crippen molar-refractivity contribution in [3.05, 3.63) is 130 Å². The number of hydrogen-bond acceptors (Lipinski definition) is 4. The molecule has 0 unspecified atom stereocenters. The molecule has 248 valence electrons. The van der Waals surface area contributed by atoms with Crippen molar-refractivity contribution in [2.45, 2.75) is 101 Å². The van der Waals surface area contributed by atoms with Crippen molar-refractivity contribution >= 4 is 12.9 Å². The SMILES string of the molecule is CC1=C[C@H](OC=O)CC(C)(C)[C@H]1/C=C/C(C)=C/C=C/C(C)=C/C=C/C=C(C)/C=C/C=C(C)/C=C/C1=C(C)C[C@@H](OC=O)CC1(C)C. The van der Waals surface area contributed by atoms with Crippen LogP contribution < -0.4 is 0 Å². The summed E-state index contributed by atoms with van der Waals surface area (Å²) in [6.07, 6.45) is 34.1. The molecule has 0 aliphatic heterocycles. The highest BCUT2D eigenvalue weighted by molar-refractivity contribution is 5.41. The van der Waals surface area contributed by atoms with Crippen LogP contribution in [0, 0.1) is 16.7 Å². The summed E-state index contributed by atoms with van der Waals surface area (Å²) < 4.78 is 10.5. The monoisotopic (exact) mass is 624 g/mol. The van der Waals surface area contributed by atoms with E-state index < -0.39 is 0 Å². The van der Waals surface area contributed by atoms with Crippen LogP contribution in [0.15, 0.2) is 130 Å². The van der Waals surface area contributed by atoms with Gasteiger partial charge >= 0.3 is 0 Å². The summed E-state index contributed by atoms with van der Waals surface area (Å²) in [5, 5.41) is 0. The fraction of sp³-hybridized carbons (Fsp3) is 0.429. The van der Waals surface area contributed by atoms with Crippen LogP contribution in [0.25, 0.3) is 0 Å². The van der Waals surface area contributed by atoms with Gasteiger partial charge in [-0.25, -0.2) is 0 Å². The quantitative estimate of drug-likeness (QED) is 0.110. The zero-order valence-electron chi connectivity index (χ0n) is 29.8. The summed E-state index contributed by atoms with van der Waals surface area (Å²) in [7, 11) is 0. The van der Waals surface area contributed by atoms with Gasteiger partial charge in [0.25, 0.3) is 12.9 Å². The molecular formula is C42H56O4. The van der Waals surface area contributed by atoms with Crippen molar-refractivity contribution in [2.75, 3.05) is 0 Å². The van der Waals surface area contributed by atoms with Gasteiger partial charge < -0.3 is 9.47 Å². The van der Waals surface area contributed by atoms with Crippen molar-refractivity contribution in [1.29, 1.82) is 0 Å². The van der Waals surface area contributed by atoms with Gasteiger partial charge in [0.15, 0.2) is 0 Å². The number of hydrogen-bond donors (Lipinski definition) is 0. The van der Waals surface area contributed by atoms with E-state index in [0.717, 1.165) is 19.3 Å². The maximum atomic E-state index is 10.8. The van der Waals surface area contributed by atoms with E-state index in [1.165, 1.54) is 39.0 Å². The minimum absolute atomic E-state index is 0.0191. The average molecular weight is 625 g/mol. The van der Waals surface area contributed by atoms with Crippen molar-refractivity contribution in [3.63, 3.8) is 0 Å². The van der Waals surface area contributed by atoms with E-state index in [4.69, 9.17) is 9.47 Å². The Balaban J connectivity index is 1.91. The van der Waals surface area contributed by atoms with Crippen molar-refractivity contribution < 1.29 is 19.1 Å². The molecule has 0 N–H and O–H groups in total. The lowest BCUT2D eigenvalue weighted by Crippen LogP contribution is -2.33. The van der Waals surface area contributed by atoms with E-state index in [-0.39, 0.29) is 23.0 Å². The first kappa shape index (κ1) is 38.3. The Bertz CT molecular complexity index is 1410. The van der Waals surface area contributed by atoms with Gasteiger partial charge in [-0.3, -0.25) is 9.59 Å². The largest absolute Gasteiger partial charge is 0.464 e. The highest BCUT2D eigenvalue weighted by Crippen LogP contribution is 2.43. The topological polar surface area (TPSA) is 52.6 Å². The average Bonchev–Trinajstić information content (AvgIpc) is 2.94. The number of rotatable bonds is 14. The molecule has 0 aromatic carbocycles. The normalized spacial score (nSPS) is 24.9. The molecule has 46 heavy (non-hydrogen) atoms. The Morgan fingerprint density at radius 1 is 0.717 bits per heavy atom. The van der Waals surface area contributed by atoms with Crippen molar-refractivity contribution in [3.8, 4) is 0 Å². The first-order valence-electron chi connectivity index (χ1n) is 16.3. The van der Waals surface area contributed by atoms with Gasteiger partial charge in [-0.2, -0.15) is 0 Å². The highest BCUT2D eigenvalue weighted by atomic mass is 16.5. The summed E-state index contributed by atoms with van der Waals surface area (Å²) in [5.74, 6) is 0.309. The van der Waals surface area contributed by atoms with E-state index in [2.05, 4.69) is 160 Å². The molecule has 0 spiro atoms. The molecule has 3 atom stereocenters. The van der Waals surface area contributed by atoms with Crippen LogP contribution in [0.3, 0.4) is 0 Å². The molecule has 2 aliphatic carbocycles. The molecule has 0 heterocycles. The molecular weight excluding hydrogens is 568 g/mol. The molecule has 2 aliphatic rings. The molecule has 2 rings (SSSR count). The van der Waals surface area contributed by atoms with Gasteiger partial charge in [0, 0.05) is 12.3 Å². The predicted molar refractivity (Wildman–Crippen MR) is 194 cm³/mol. The summed E-state index contributed by atoms with van der Waals surface area (Å²) >= 11 is 0. The van der Waals surface area contributed by atoms with Crippen LogP contribution in [0.2, 0.25) is 0 Å². The second kappa shape index (κ2) is 18.3. The van der Waals surface area contributed by atoms with Crippen LogP contribution >= 0.6 is 0 Å². The Morgan fingerprint density at radius 2 is 1.24 bits per heavy atom. The first-order chi connectivity index (χ1) is 21.7. The van der Waals surface area contributed by atoms with Gasteiger partial charge in [0.05, 0.1) is 0 Å². The van der Waals surface area contributed by atoms with Gasteiger partial charge in [-0.1, -0.05) is 146 Å². The third-order valence-electron chi connectivity index (χ3n) is 8.78. The van der Waals surface area contributed by atoms with E-state index in [1.807, 2.05) is 0 Å². The maximum absolute atomic E-state index is 10.8. The Hall–Kier alpha value is -3.92. The Labute approximate surface area is 279 Å². The summed E-state index contributed by atoms with van der Waals surface area (Å²) in [4.78, 5) is 21.6. The zero-order chi connectivity index (χ0) is 34.3. The number of ether oxygens (including phenoxy) is 2. The predicted octanol–water partition coefficient (Wildman–Crippen LogP) is 10.8. The second-order valence-corrected chi connectivity index (χ2v) is 14.1.